The average Bonchev–Trinajstić information content (AvgIpc) is 2.85. The lowest BCUT2D eigenvalue weighted by atomic mass is 9.82. The van der Waals surface area contributed by atoms with Crippen LogP contribution in [0.5, 0.6) is 0 Å². The molecule has 2 rings (SSSR count). The van der Waals surface area contributed by atoms with Crippen molar-refractivity contribution < 1.29 is 9.50 Å². The second-order valence-corrected chi connectivity index (χ2v) is 4.35. The molecule has 2 fully saturated rings. The Balaban J connectivity index is 1.84. The van der Waals surface area contributed by atoms with Gasteiger partial charge < -0.3 is 5.11 Å². The molecule has 0 heterocycles. The molecule has 2 aliphatic carbocycles. The number of halogens is 1. The third-order valence-corrected chi connectivity index (χ3v) is 3.24. The molecule has 3 atom stereocenters. The zero-order valence-electron chi connectivity index (χ0n) is 7.38. The normalized spacial score (nSPS) is 39.5. The van der Waals surface area contributed by atoms with Crippen molar-refractivity contribution >= 4 is 0 Å². The van der Waals surface area contributed by atoms with Crippen molar-refractivity contribution in [3.8, 4) is 0 Å². The van der Waals surface area contributed by atoms with E-state index in [1.54, 1.807) is 0 Å². The summed E-state index contributed by atoms with van der Waals surface area (Å²) < 4.78 is 13.0. The largest absolute Gasteiger partial charge is 0.393 e. The molecule has 0 aliphatic heterocycles. The van der Waals surface area contributed by atoms with Gasteiger partial charge in [-0.1, -0.05) is 6.42 Å². The van der Waals surface area contributed by atoms with Crippen molar-refractivity contribution in [1.29, 1.82) is 0 Å². The van der Waals surface area contributed by atoms with Gasteiger partial charge in [0.2, 0.25) is 0 Å². The quantitative estimate of drug-likeness (QED) is 0.677. The Kier molecular flexibility index (Phi) is 2.35. The summed E-state index contributed by atoms with van der Waals surface area (Å²) in [6, 6.07) is 0. The highest BCUT2D eigenvalue weighted by Crippen LogP contribution is 2.40. The molecule has 0 aromatic carbocycles. The lowest BCUT2D eigenvalue weighted by Crippen LogP contribution is -2.28. The third-order valence-electron chi connectivity index (χ3n) is 3.24. The van der Waals surface area contributed by atoms with Gasteiger partial charge in [0.15, 0.2) is 0 Å². The van der Waals surface area contributed by atoms with E-state index in [0.717, 1.165) is 25.7 Å². The molecular weight excluding hydrogens is 155 g/mol. The van der Waals surface area contributed by atoms with E-state index >= 15 is 0 Å². The van der Waals surface area contributed by atoms with E-state index in [-0.39, 0.29) is 12.0 Å². The Bertz CT molecular complexity index is 156. The topological polar surface area (TPSA) is 20.2 Å². The van der Waals surface area contributed by atoms with E-state index in [2.05, 4.69) is 0 Å². The maximum atomic E-state index is 13.0. The summed E-state index contributed by atoms with van der Waals surface area (Å²) in [7, 11) is 0. The molecule has 0 amide bonds. The van der Waals surface area contributed by atoms with Crippen molar-refractivity contribution in [1.82, 2.24) is 0 Å². The second-order valence-electron chi connectivity index (χ2n) is 4.35. The van der Waals surface area contributed by atoms with Crippen LogP contribution in [0.2, 0.25) is 0 Å². The number of rotatable bonds is 2. The number of aliphatic hydroxyl groups excluding tert-OH is 1. The summed E-state index contributed by atoms with van der Waals surface area (Å²) in [5, 5.41) is 9.76. The monoisotopic (exact) mass is 172 g/mol. The molecule has 70 valence electrons. The van der Waals surface area contributed by atoms with Crippen molar-refractivity contribution in [2.24, 2.45) is 11.8 Å². The molecule has 0 radical (unpaired) electrons. The van der Waals surface area contributed by atoms with Crippen LogP contribution >= 0.6 is 0 Å². The maximum absolute atomic E-state index is 13.0. The van der Waals surface area contributed by atoms with Crippen LogP contribution in [-0.2, 0) is 0 Å². The fourth-order valence-corrected chi connectivity index (χ4v) is 2.30. The summed E-state index contributed by atoms with van der Waals surface area (Å²) in [6.07, 6.45) is 4.82. The average molecular weight is 172 g/mol. The highest BCUT2D eigenvalue weighted by Gasteiger charge is 2.37. The third kappa shape index (κ3) is 1.79. The van der Waals surface area contributed by atoms with Crippen molar-refractivity contribution in [2.45, 2.75) is 50.8 Å². The molecule has 12 heavy (non-hydrogen) atoms. The molecule has 2 saturated carbocycles. The standard InChI is InChI=1S/C10H17FO/c11-9-3-1-2-8(6-9)10(12)7-4-5-7/h7-10,12H,1-6H2. The number of hydrogen-bond donors (Lipinski definition) is 1. The molecule has 0 spiro atoms. The predicted octanol–water partition coefficient (Wildman–Crippen LogP) is 2.29. The number of alkyl halides is 1. The first-order valence-electron chi connectivity index (χ1n) is 5.09. The first kappa shape index (κ1) is 8.49. The minimum Gasteiger partial charge on any atom is -0.393 e. The van der Waals surface area contributed by atoms with E-state index in [9.17, 15) is 9.50 Å². The second kappa shape index (κ2) is 3.33. The van der Waals surface area contributed by atoms with Crippen molar-refractivity contribution in [3.63, 3.8) is 0 Å². The fraction of sp³-hybridized carbons (Fsp3) is 1.00. The molecule has 2 aliphatic rings. The summed E-state index contributed by atoms with van der Waals surface area (Å²) in [5.74, 6) is 0.779. The van der Waals surface area contributed by atoms with E-state index in [0.29, 0.717) is 18.8 Å². The minimum absolute atomic E-state index is 0.191. The Morgan fingerprint density at radius 3 is 2.42 bits per heavy atom. The van der Waals surface area contributed by atoms with Crippen LogP contribution in [0.25, 0.3) is 0 Å². The van der Waals surface area contributed by atoms with E-state index < -0.39 is 6.17 Å². The van der Waals surface area contributed by atoms with Crippen LogP contribution in [-0.4, -0.2) is 17.4 Å². The van der Waals surface area contributed by atoms with Crippen molar-refractivity contribution in [2.75, 3.05) is 0 Å². The van der Waals surface area contributed by atoms with Gasteiger partial charge in [-0.3, -0.25) is 0 Å². The first-order valence-corrected chi connectivity index (χ1v) is 5.09. The molecule has 0 bridgehead atoms. The Morgan fingerprint density at radius 2 is 1.83 bits per heavy atom. The highest BCUT2D eigenvalue weighted by atomic mass is 19.1. The van der Waals surface area contributed by atoms with Crippen LogP contribution in [0.4, 0.5) is 4.39 Å². The van der Waals surface area contributed by atoms with Crippen LogP contribution in [0.15, 0.2) is 0 Å². The Labute approximate surface area is 73.0 Å². The summed E-state index contributed by atoms with van der Waals surface area (Å²) in [5.41, 5.74) is 0. The lowest BCUT2D eigenvalue weighted by molar-refractivity contribution is 0.0439. The van der Waals surface area contributed by atoms with Gasteiger partial charge in [-0.25, -0.2) is 4.39 Å². The smallest absolute Gasteiger partial charge is 0.100 e. The summed E-state index contributed by atoms with van der Waals surface area (Å²) >= 11 is 0. The van der Waals surface area contributed by atoms with E-state index in [1.165, 1.54) is 0 Å². The summed E-state index contributed by atoms with van der Waals surface area (Å²) in [4.78, 5) is 0. The molecule has 2 heteroatoms. The molecule has 3 unspecified atom stereocenters. The van der Waals surface area contributed by atoms with Gasteiger partial charge in [0, 0.05) is 0 Å². The molecule has 0 saturated heterocycles. The Hall–Kier alpha value is -0.110. The highest BCUT2D eigenvalue weighted by molar-refractivity contribution is 4.88. The number of aliphatic hydroxyl groups is 1. The number of hydrogen-bond acceptors (Lipinski definition) is 1. The van der Waals surface area contributed by atoms with Crippen LogP contribution in [0.1, 0.15) is 38.5 Å². The molecular formula is C10H17FO. The van der Waals surface area contributed by atoms with Gasteiger partial charge in [-0.05, 0) is 43.9 Å². The van der Waals surface area contributed by atoms with Gasteiger partial charge in [0.25, 0.3) is 0 Å². The minimum atomic E-state index is -0.642. The van der Waals surface area contributed by atoms with Gasteiger partial charge in [-0.2, -0.15) is 0 Å². The fourth-order valence-electron chi connectivity index (χ4n) is 2.30. The van der Waals surface area contributed by atoms with Crippen LogP contribution < -0.4 is 0 Å². The van der Waals surface area contributed by atoms with Gasteiger partial charge >= 0.3 is 0 Å². The van der Waals surface area contributed by atoms with Gasteiger partial charge in [0.05, 0.1) is 6.10 Å². The van der Waals surface area contributed by atoms with Crippen molar-refractivity contribution in [3.05, 3.63) is 0 Å². The molecule has 0 aromatic heterocycles. The van der Waals surface area contributed by atoms with E-state index in [4.69, 9.17) is 0 Å². The molecule has 1 N–H and O–H groups in total. The van der Waals surface area contributed by atoms with Gasteiger partial charge in [-0.15, -0.1) is 0 Å². The Morgan fingerprint density at radius 1 is 1.08 bits per heavy atom. The predicted molar refractivity (Wildman–Crippen MR) is 45.6 cm³/mol. The van der Waals surface area contributed by atoms with Gasteiger partial charge in [0.1, 0.15) is 6.17 Å². The van der Waals surface area contributed by atoms with Crippen LogP contribution in [0, 0.1) is 11.8 Å². The zero-order valence-corrected chi connectivity index (χ0v) is 7.38. The molecule has 1 nitrogen and oxygen atoms in total. The zero-order chi connectivity index (χ0) is 8.55. The molecule has 0 aromatic rings. The lowest BCUT2D eigenvalue weighted by Gasteiger charge is -2.28. The van der Waals surface area contributed by atoms with Crippen LogP contribution in [0.3, 0.4) is 0 Å². The maximum Gasteiger partial charge on any atom is 0.100 e. The van der Waals surface area contributed by atoms with E-state index in [1.807, 2.05) is 0 Å². The first-order chi connectivity index (χ1) is 5.77. The summed E-state index contributed by atoms with van der Waals surface area (Å²) in [6.45, 7) is 0. The SMILES string of the molecule is OC(C1CC1)C1CCCC(F)C1.